The van der Waals surface area contributed by atoms with E-state index in [1.807, 2.05) is 47.5 Å². The zero-order chi connectivity index (χ0) is 18.5. The van der Waals surface area contributed by atoms with Crippen molar-refractivity contribution < 1.29 is 9.59 Å². The first-order valence-corrected chi connectivity index (χ1v) is 9.88. The topological polar surface area (TPSA) is 75.4 Å². The van der Waals surface area contributed by atoms with Gasteiger partial charge in [-0.25, -0.2) is 0 Å². The molecule has 1 fully saturated rings. The maximum atomic E-state index is 12.7. The van der Waals surface area contributed by atoms with Crippen molar-refractivity contribution in [2.75, 3.05) is 13.1 Å². The molecule has 2 atom stereocenters. The van der Waals surface area contributed by atoms with Crippen LogP contribution in [0.3, 0.4) is 0 Å². The molecule has 0 radical (unpaired) electrons. The molecule has 0 aliphatic carbocycles. The van der Waals surface area contributed by atoms with Crippen molar-refractivity contribution >= 4 is 23.2 Å². The molecule has 2 aromatic rings. The third-order valence-electron chi connectivity index (χ3n) is 4.89. The van der Waals surface area contributed by atoms with Crippen molar-refractivity contribution in [3.63, 3.8) is 0 Å². The van der Waals surface area contributed by atoms with Crippen LogP contribution in [0.15, 0.2) is 41.8 Å². The van der Waals surface area contributed by atoms with E-state index < -0.39 is 0 Å². The lowest BCUT2D eigenvalue weighted by Gasteiger charge is -2.34. The van der Waals surface area contributed by atoms with Crippen LogP contribution >= 0.6 is 11.3 Å². The highest BCUT2D eigenvalue weighted by atomic mass is 32.1. The van der Waals surface area contributed by atoms with Crippen LogP contribution in [0.1, 0.15) is 45.4 Å². The second kappa shape index (κ2) is 8.47. The molecule has 0 saturated carbocycles. The summed E-state index contributed by atoms with van der Waals surface area (Å²) in [6.45, 7) is 3.98. The van der Waals surface area contributed by atoms with Crippen LogP contribution in [0.25, 0.3) is 0 Å². The van der Waals surface area contributed by atoms with Crippen LogP contribution in [0, 0.1) is 5.92 Å². The standard InChI is InChI=1S/C20H25N3O2S/c1-14(21)17-4-2-10-23(13-17)20(25)16-8-6-15(7-9-16)12-22-19(24)18-5-3-11-26-18/h3,5-9,11,14,17H,2,4,10,12-13,21H2,1H3,(H,22,24). The first-order valence-electron chi connectivity index (χ1n) is 9.00. The fourth-order valence-corrected chi connectivity index (χ4v) is 3.89. The van der Waals surface area contributed by atoms with E-state index in [0.717, 1.165) is 31.5 Å². The maximum Gasteiger partial charge on any atom is 0.261 e. The Kier molecular flexibility index (Phi) is 6.06. The van der Waals surface area contributed by atoms with Gasteiger partial charge in [-0.3, -0.25) is 9.59 Å². The average molecular weight is 372 g/mol. The molecule has 3 N–H and O–H groups in total. The van der Waals surface area contributed by atoms with Crippen molar-refractivity contribution in [3.05, 3.63) is 57.8 Å². The van der Waals surface area contributed by atoms with Gasteiger partial charge in [0.2, 0.25) is 0 Å². The summed E-state index contributed by atoms with van der Waals surface area (Å²) in [6, 6.07) is 11.2. The average Bonchev–Trinajstić information content (AvgIpc) is 3.21. The van der Waals surface area contributed by atoms with Crippen molar-refractivity contribution in [1.82, 2.24) is 10.2 Å². The normalized spacial score (nSPS) is 18.4. The quantitative estimate of drug-likeness (QED) is 0.849. The van der Waals surface area contributed by atoms with E-state index in [2.05, 4.69) is 5.32 Å². The highest BCUT2D eigenvalue weighted by molar-refractivity contribution is 7.12. The molecule has 2 heterocycles. The molecule has 2 amide bonds. The largest absolute Gasteiger partial charge is 0.347 e. The zero-order valence-corrected chi connectivity index (χ0v) is 15.8. The molecular formula is C20H25N3O2S. The van der Waals surface area contributed by atoms with E-state index in [1.165, 1.54) is 11.3 Å². The molecule has 5 nitrogen and oxygen atoms in total. The number of thiophene rings is 1. The van der Waals surface area contributed by atoms with Crippen molar-refractivity contribution in [1.29, 1.82) is 0 Å². The van der Waals surface area contributed by atoms with E-state index in [1.54, 1.807) is 6.07 Å². The summed E-state index contributed by atoms with van der Waals surface area (Å²) < 4.78 is 0. The van der Waals surface area contributed by atoms with Gasteiger partial charge in [0, 0.05) is 31.2 Å². The van der Waals surface area contributed by atoms with E-state index in [4.69, 9.17) is 5.73 Å². The number of amides is 2. The Balaban J connectivity index is 1.56. The maximum absolute atomic E-state index is 12.7. The molecule has 1 aliphatic rings. The summed E-state index contributed by atoms with van der Waals surface area (Å²) in [7, 11) is 0. The molecule has 3 rings (SSSR count). The van der Waals surface area contributed by atoms with Gasteiger partial charge >= 0.3 is 0 Å². The predicted molar refractivity (Wildman–Crippen MR) is 104 cm³/mol. The molecule has 2 unspecified atom stereocenters. The van der Waals surface area contributed by atoms with E-state index in [-0.39, 0.29) is 17.9 Å². The number of rotatable bonds is 5. The number of carbonyl (C=O) groups excluding carboxylic acids is 2. The van der Waals surface area contributed by atoms with Gasteiger partial charge in [-0.1, -0.05) is 18.2 Å². The molecule has 1 aromatic carbocycles. The third kappa shape index (κ3) is 4.51. The molecule has 1 aromatic heterocycles. The van der Waals surface area contributed by atoms with Crippen molar-refractivity contribution in [2.45, 2.75) is 32.4 Å². The Bertz CT molecular complexity index is 741. The Hall–Kier alpha value is -2.18. The summed E-state index contributed by atoms with van der Waals surface area (Å²) in [4.78, 5) is 27.3. The number of nitrogens with two attached hydrogens (primary N) is 1. The van der Waals surface area contributed by atoms with Gasteiger partial charge in [0.05, 0.1) is 4.88 Å². The van der Waals surface area contributed by atoms with Gasteiger partial charge in [-0.2, -0.15) is 0 Å². The fourth-order valence-electron chi connectivity index (χ4n) is 3.25. The van der Waals surface area contributed by atoms with Gasteiger partial charge in [0.25, 0.3) is 11.8 Å². The van der Waals surface area contributed by atoms with E-state index >= 15 is 0 Å². The molecular weight excluding hydrogens is 346 g/mol. The molecule has 6 heteroatoms. The molecule has 1 saturated heterocycles. The molecule has 0 bridgehead atoms. The van der Waals surface area contributed by atoms with Gasteiger partial charge in [0.1, 0.15) is 0 Å². The Labute approximate surface area is 158 Å². The number of likely N-dealkylation sites (tertiary alicyclic amines) is 1. The number of hydrogen-bond donors (Lipinski definition) is 2. The summed E-state index contributed by atoms with van der Waals surface area (Å²) >= 11 is 1.42. The number of piperidine rings is 1. The summed E-state index contributed by atoms with van der Waals surface area (Å²) in [6.07, 6.45) is 2.09. The lowest BCUT2D eigenvalue weighted by atomic mass is 9.92. The van der Waals surface area contributed by atoms with Crippen molar-refractivity contribution in [3.8, 4) is 0 Å². The number of benzene rings is 1. The smallest absolute Gasteiger partial charge is 0.261 e. The lowest BCUT2D eigenvalue weighted by molar-refractivity contribution is 0.0660. The lowest BCUT2D eigenvalue weighted by Crippen LogP contribution is -2.45. The minimum atomic E-state index is -0.0737. The Morgan fingerprint density at radius 2 is 2.08 bits per heavy atom. The molecule has 1 aliphatic heterocycles. The van der Waals surface area contributed by atoms with E-state index in [9.17, 15) is 9.59 Å². The van der Waals surface area contributed by atoms with Gasteiger partial charge < -0.3 is 16.0 Å². The zero-order valence-electron chi connectivity index (χ0n) is 15.0. The third-order valence-corrected chi connectivity index (χ3v) is 5.76. The van der Waals surface area contributed by atoms with Crippen LogP contribution in [0.5, 0.6) is 0 Å². The number of nitrogens with zero attached hydrogens (tertiary/aromatic N) is 1. The van der Waals surface area contributed by atoms with E-state index in [0.29, 0.717) is 22.9 Å². The van der Waals surface area contributed by atoms with Crippen LogP contribution in [-0.4, -0.2) is 35.8 Å². The highest BCUT2D eigenvalue weighted by Crippen LogP contribution is 2.20. The minimum absolute atomic E-state index is 0.0597. The van der Waals surface area contributed by atoms with Crippen LogP contribution in [-0.2, 0) is 6.54 Å². The number of nitrogens with one attached hydrogen (secondary N) is 1. The minimum Gasteiger partial charge on any atom is -0.347 e. The number of carbonyl (C=O) groups is 2. The summed E-state index contributed by atoms with van der Waals surface area (Å²) in [5.74, 6) is 0.361. The highest BCUT2D eigenvalue weighted by Gasteiger charge is 2.26. The second-order valence-electron chi connectivity index (χ2n) is 6.87. The van der Waals surface area contributed by atoms with Gasteiger partial charge in [0.15, 0.2) is 0 Å². The molecule has 26 heavy (non-hydrogen) atoms. The number of hydrogen-bond acceptors (Lipinski definition) is 4. The molecule has 138 valence electrons. The fraction of sp³-hybridized carbons (Fsp3) is 0.400. The van der Waals surface area contributed by atoms with Crippen LogP contribution in [0.4, 0.5) is 0 Å². The van der Waals surface area contributed by atoms with Gasteiger partial charge in [-0.05, 0) is 54.8 Å². The second-order valence-corrected chi connectivity index (χ2v) is 7.82. The van der Waals surface area contributed by atoms with Crippen LogP contribution in [0.2, 0.25) is 0 Å². The summed E-state index contributed by atoms with van der Waals surface area (Å²) in [5, 5.41) is 4.77. The Morgan fingerprint density at radius 3 is 2.73 bits per heavy atom. The summed E-state index contributed by atoms with van der Waals surface area (Å²) in [5.41, 5.74) is 7.66. The van der Waals surface area contributed by atoms with Gasteiger partial charge in [-0.15, -0.1) is 11.3 Å². The van der Waals surface area contributed by atoms with Crippen LogP contribution < -0.4 is 11.1 Å². The SMILES string of the molecule is CC(N)C1CCCN(C(=O)c2ccc(CNC(=O)c3cccs3)cc2)C1. The Morgan fingerprint density at radius 1 is 1.31 bits per heavy atom. The first-order chi connectivity index (χ1) is 12.5. The molecule has 0 spiro atoms. The van der Waals surface area contributed by atoms with Crippen molar-refractivity contribution in [2.24, 2.45) is 11.7 Å². The predicted octanol–water partition coefficient (Wildman–Crippen LogP) is 2.88. The first kappa shape index (κ1) is 18.6. The monoisotopic (exact) mass is 371 g/mol.